The molecule has 0 amide bonds. The topological polar surface area (TPSA) is 22.0 Å². The van der Waals surface area contributed by atoms with Crippen LogP contribution in [0.25, 0.3) is 6.08 Å². The molecule has 0 aliphatic heterocycles. The molecular weight excluding hydrogens is 389 g/mol. The standard InChI is InChI=1S/C24H23Cl2NO/c1-18-11-13-20(14-12-18)15-16-27-23(21(25)17-22(26)24(27)28)10-6-5-9-19-7-3-2-4-8-19/h2-4,6-8,10-14,17H,5,9,15-16H2,1H3/b10-6+. The number of aromatic nitrogens is 1. The van der Waals surface area contributed by atoms with Gasteiger partial charge in [-0.25, -0.2) is 0 Å². The number of halogens is 2. The van der Waals surface area contributed by atoms with Crippen molar-refractivity contribution < 1.29 is 0 Å². The third-order valence-electron chi connectivity index (χ3n) is 4.70. The molecule has 0 spiro atoms. The number of hydrogen-bond donors (Lipinski definition) is 0. The van der Waals surface area contributed by atoms with Crippen LogP contribution >= 0.6 is 23.2 Å². The van der Waals surface area contributed by atoms with Crippen LogP contribution in [0.4, 0.5) is 0 Å². The molecule has 3 aromatic rings. The van der Waals surface area contributed by atoms with Crippen LogP contribution in [0.2, 0.25) is 10.0 Å². The normalized spacial score (nSPS) is 11.2. The molecule has 1 heterocycles. The lowest BCUT2D eigenvalue weighted by atomic mass is 10.1. The van der Waals surface area contributed by atoms with Gasteiger partial charge >= 0.3 is 0 Å². The minimum absolute atomic E-state index is 0.148. The lowest BCUT2D eigenvalue weighted by Gasteiger charge is -2.13. The summed E-state index contributed by atoms with van der Waals surface area (Å²) in [6.07, 6.45) is 6.54. The van der Waals surface area contributed by atoms with Gasteiger partial charge < -0.3 is 4.57 Å². The fourth-order valence-corrected chi connectivity index (χ4v) is 3.63. The molecule has 1 aromatic heterocycles. The van der Waals surface area contributed by atoms with Crippen molar-refractivity contribution in [2.75, 3.05) is 0 Å². The van der Waals surface area contributed by atoms with Crippen LogP contribution in [0, 0.1) is 6.92 Å². The molecule has 28 heavy (non-hydrogen) atoms. The molecule has 3 rings (SSSR count). The predicted molar refractivity (Wildman–Crippen MR) is 119 cm³/mol. The van der Waals surface area contributed by atoms with Crippen molar-refractivity contribution >= 4 is 29.3 Å². The zero-order valence-electron chi connectivity index (χ0n) is 15.9. The van der Waals surface area contributed by atoms with Gasteiger partial charge in [0, 0.05) is 6.54 Å². The minimum Gasteiger partial charge on any atom is -0.306 e. The van der Waals surface area contributed by atoms with Gasteiger partial charge in [0.15, 0.2) is 0 Å². The molecule has 0 N–H and O–H groups in total. The van der Waals surface area contributed by atoms with E-state index in [2.05, 4.69) is 49.4 Å². The van der Waals surface area contributed by atoms with Gasteiger partial charge in [-0.15, -0.1) is 0 Å². The Hall–Kier alpha value is -2.29. The summed E-state index contributed by atoms with van der Waals surface area (Å²) in [6.45, 7) is 2.59. The molecule has 0 bridgehead atoms. The summed E-state index contributed by atoms with van der Waals surface area (Å²) in [4.78, 5) is 12.6. The first-order chi connectivity index (χ1) is 13.5. The Morgan fingerprint density at radius 1 is 0.893 bits per heavy atom. The second kappa shape index (κ2) is 9.77. The molecule has 0 saturated heterocycles. The van der Waals surface area contributed by atoms with Gasteiger partial charge in [-0.1, -0.05) is 89.4 Å². The quantitative estimate of drug-likeness (QED) is 0.443. The number of benzene rings is 2. The molecule has 2 aromatic carbocycles. The van der Waals surface area contributed by atoms with Crippen molar-refractivity contribution in [2.24, 2.45) is 0 Å². The molecule has 0 fully saturated rings. The van der Waals surface area contributed by atoms with Gasteiger partial charge in [0.05, 0.1) is 10.7 Å². The van der Waals surface area contributed by atoms with Crippen molar-refractivity contribution in [1.29, 1.82) is 0 Å². The monoisotopic (exact) mass is 411 g/mol. The lowest BCUT2D eigenvalue weighted by Crippen LogP contribution is -2.24. The van der Waals surface area contributed by atoms with Crippen LogP contribution in [-0.4, -0.2) is 4.57 Å². The van der Waals surface area contributed by atoms with Gasteiger partial charge in [0.1, 0.15) is 5.02 Å². The molecule has 0 aliphatic carbocycles. The van der Waals surface area contributed by atoms with Crippen molar-refractivity contribution in [3.63, 3.8) is 0 Å². The zero-order chi connectivity index (χ0) is 19.9. The van der Waals surface area contributed by atoms with E-state index in [0.717, 1.165) is 19.3 Å². The van der Waals surface area contributed by atoms with Crippen LogP contribution in [0.5, 0.6) is 0 Å². The molecule has 0 atom stereocenters. The summed E-state index contributed by atoms with van der Waals surface area (Å²) in [5.41, 5.74) is 4.17. The molecule has 0 aliphatic rings. The number of hydrogen-bond acceptors (Lipinski definition) is 1. The first kappa shape index (κ1) is 20.4. The van der Waals surface area contributed by atoms with E-state index in [1.807, 2.05) is 24.3 Å². The molecule has 4 heteroatoms. The Balaban J connectivity index is 1.77. The first-order valence-corrected chi connectivity index (χ1v) is 10.1. The van der Waals surface area contributed by atoms with Gasteiger partial charge in [-0.3, -0.25) is 4.79 Å². The molecule has 144 valence electrons. The maximum atomic E-state index is 12.6. The summed E-state index contributed by atoms with van der Waals surface area (Å²) in [7, 11) is 0. The van der Waals surface area contributed by atoms with Crippen LogP contribution in [0.1, 0.15) is 28.8 Å². The van der Waals surface area contributed by atoms with Crippen molar-refractivity contribution in [3.8, 4) is 0 Å². The number of rotatable bonds is 7. The summed E-state index contributed by atoms with van der Waals surface area (Å²) >= 11 is 12.5. The van der Waals surface area contributed by atoms with Gasteiger partial charge in [-0.2, -0.15) is 0 Å². The molecule has 2 nitrogen and oxygen atoms in total. The highest BCUT2D eigenvalue weighted by molar-refractivity contribution is 6.35. The van der Waals surface area contributed by atoms with Crippen molar-refractivity contribution in [1.82, 2.24) is 4.57 Å². The minimum atomic E-state index is -0.208. The van der Waals surface area contributed by atoms with Crippen LogP contribution < -0.4 is 5.56 Å². The number of aryl methyl sites for hydroxylation is 3. The van der Waals surface area contributed by atoms with E-state index in [1.54, 1.807) is 4.57 Å². The second-order valence-electron chi connectivity index (χ2n) is 6.84. The summed E-state index contributed by atoms with van der Waals surface area (Å²) in [5, 5.41) is 0.639. The van der Waals surface area contributed by atoms with E-state index >= 15 is 0 Å². The summed E-state index contributed by atoms with van der Waals surface area (Å²) < 4.78 is 1.67. The van der Waals surface area contributed by atoms with Crippen molar-refractivity contribution in [3.05, 3.63) is 110 Å². The van der Waals surface area contributed by atoms with E-state index in [-0.39, 0.29) is 10.6 Å². The Kier molecular flexibility index (Phi) is 7.13. The summed E-state index contributed by atoms with van der Waals surface area (Å²) in [5.74, 6) is 0. The molecule has 0 unspecified atom stereocenters. The Morgan fingerprint density at radius 2 is 1.57 bits per heavy atom. The van der Waals surface area contributed by atoms with E-state index in [9.17, 15) is 4.79 Å². The summed E-state index contributed by atoms with van der Waals surface area (Å²) in [6, 6.07) is 20.2. The van der Waals surface area contributed by atoms with Crippen LogP contribution in [-0.2, 0) is 19.4 Å². The molecule has 0 saturated carbocycles. The predicted octanol–water partition coefficient (Wildman–Crippen LogP) is 6.35. The third-order valence-corrected chi connectivity index (χ3v) is 5.27. The zero-order valence-corrected chi connectivity index (χ0v) is 17.4. The first-order valence-electron chi connectivity index (χ1n) is 9.39. The highest BCUT2D eigenvalue weighted by Gasteiger charge is 2.11. The van der Waals surface area contributed by atoms with Crippen LogP contribution in [0.15, 0.2) is 71.5 Å². The smallest absolute Gasteiger partial charge is 0.269 e. The highest BCUT2D eigenvalue weighted by Crippen LogP contribution is 2.20. The fourth-order valence-electron chi connectivity index (χ4n) is 3.09. The Bertz CT molecular complexity index is 1010. The Morgan fingerprint density at radius 3 is 2.29 bits per heavy atom. The number of pyridine rings is 1. The van der Waals surface area contributed by atoms with Gasteiger partial charge in [0.25, 0.3) is 5.56 Å². The molecule has 0 radical (unpaired) electrons. The van der Waals surface area contributed by atoms with E-state index in [1.165, 1.54) is 22.8 Å². The van der Waals surface area contributed by atoms with E-state index in [4.69, 9.17) is 23.2 Å². The average Bonchev–Trinajstić information content (AvgIpc) is 2.70. The van der Waals surface area contributed by atoms with Crippen molar-refractivity contribution in [2.45, 2.75) is 32.7 Å². The Labute approximate surface area is 176 Å². The van der Waals surface area contributed by atoms with Gasteiger partial charge in [0.2, 0.25) is 0 Å². The molecular formula is C24H23Cl2NO. The maximum absolute atomic E-state index is 12.6. The van der Waals surface area contributed by atoms with Gasteiger partial charge in [-0.05, 0) is 49.5 Å². The number of nitrogens with zero attached hydrogens (tertiary/aromatic N) is 1. The number of allylic oxidation sites excluding steroid dienone is 1. The largest absolute Gasteiger partial charge is 0.306 e. The third kappa shape index (κ3) is 5.37. The SMILES string of the molecule is Cc1ccc(CCn2c(/C=C/CCc3ccccc3)c(Cl)cc(Cl)c2=O)cc1. The van der Waals surface area contributed by atoms with E-state index < -0.39 is 0 Å². The van der Waals surface area contributed by atoms with Crippen LogP contribution in [0.3, 0.4) is 0 Å². The van der Waals surface area contributed by atoms with E-state index in [0.29, 0.717) is 17.3 Å². The highest BCUT2D eigenvalue weighted by atomic mass is 35.5. The average molecular weight is 412 g/mol. The lowest BCUT2D eigenvalue weighted by molar-refractivity contribution is 0.663. The second-order valence-corrected chi connectivity index (χ2v) is 7.66. The maximum Gasteiger partial charge on any atom is 0.269 e. The fraction of sp³-hybridized carbons (Fsp3) is 0.208.